The van der Waals surface area contributed by atoms with E-state index in [1.54, 1.807) is 6.92 Å². The Morgan fingerprint density at radius 3 is 2.62 bits per heavy atom. The van der Waals surface area contributed by atoms with E-state index in [0.29, 0.717) is 5.02 Å². The van der Waals surface area contributed by atoms with Crippen LogP contribution < -0.4 is 10.5 Å². The molecule has 0 spiro atoms. The highest BCUT2D eigenvalue weighted by Gasteiger charge is 2.23. The second-order valence-electron chi connectivity index (χ2n) is 3.15. The smallest absolute Gasteiger partial charge is 0.303 e. The third-order valence-electron chi connectivity index (χ3n) is 1.90. The van der Waals surface area contributed by atoms with Crippen LogP contribution in [-0.4, -0.2) is 18.4 Å². The van der Waals surface area contributed by atoms with Crippen molar-refractivity contribution in [2.24, 2.45) is 0 Å². The minimum absolute atomic E-state index is 0.112. The van der Waals surface area contributed by atoms with E-state index in [1.807, 2.05) is 0 Å². The van der Waals surface area contributed by atoms with Crippen molar-refractivity contribution in [3.63, 3.8) is 0 Å². The molecule has 1 rings (SSSR count). The van der Waals surface area contributed by atoms with Gasteiger partial charge in [-0.15, -0.1) is 0 Å². The van der Waals surface area contributed by atoms with Gasteiger partial charge >= 0.3 is 10.1 Å². The Bertz CT molecular complexity index is 474. The third kappa shape index (κ3) is 3.26. The molecule has 5 nitrogen and oxygen atoms in total. The molecule has 0 saturated carbocycles. The Kier molecular flexibility index (Phi) is 4.01. The topological polar surface area (TPSA) is 89.6 Å². The number of anilines is 1. The van der Waals surface area contributed by atoms with Crippen LogP contribution in [0.2, 0.25) is 5.02 Å². The van der Waals surface area contributed by atoms with Gasteiger partial charge < -0.3 is 10.5 Å². The molecule has 0 aliphatic rings. The quantitative estimate of drug-likeness (QED) is 0.641. The normalized spacial score (nSPS) is 13.4. The van der Waals surface area contributed by atoms with E-state index in [9.17, 15) is 8.42 Å². The first kappa shape index (κ1) is 13.1. The monoisotopic (exact) mass is 265 g/mol. The fraction of sp³-hybridized carbons (Fsp3) is 0.333. The fourth-order valence-corrected chi connectivity index (χ4v) is 1.95. The lowest BCUT2D eigenvalue weighted by atomic mass is 10.3. The van der Waals surface area contributed by atoms with Crippen molar-refractivity contribution < 1.29 is 17.7 Å². The summed E-state index contributed by atoms with van der Waals surface area (Å²) in [5, 5.41) is 0.421. The summed E-state index contributed by atoms with van der Waals surface area (Å²) in [6, 6.07) is 4.41. The van der Waals surface area contributed by atoms with Crippen molar-refractivity contribution in [3.8, 4) is 5.75 Å². The third-order valence-corrected chi connectivity index (χ3v) is 3.22. The molecule has 1 aromatic carbocycles. The van der Waals surface area contributed by atoms with Gasteiger partial charge in [-0.1, -0.05) is 18.5 Å². The molecule has 3 N–H and O–H groups in total. The van der Waals surface area contributed by atoms with E-state index in [1.165, 1.54) is 18.2 Å². The maximum atomic E-state index is 10.9. The number of benzene rings is 1. The maximum absolute atomic E-state index is 10.9. The van der Waals surface area contributed by atoms with Gasteiger partial charge in [0.25, 0.3) is 0 Å². The highest BCUT2D eigenvalue weighted by Crippen LogP contribution is 2.27. The molecule has 0 aliphatic heterocycles. The number of halogens is 1. The standard InChI is InChI=1S/C9H12ClNO4S/c1-2-9(16(12,13)14)15-8-4-3-6(10)5-7(8)11/h3-5,9H,2,11H2,1H3,(H,12,13,14). The Morgan fingerprint density at radius 2 is 2.19 bits per heavy atom. The Hall–Kier alpha value is -0.980. The highest BCUT2D eigenvalue weighted by atomic mass is 35.5. The molecule has 0 amide bonds. The molecule has 7 heteroatoms. The van der Waals surface area contributed by atoms with Gasteiger partial charge in [-0.3, -0.25) is 4.55 Å². The first-order chi connectivity index (χ1) is 7.34. The van der Waals surface area contributed by atoms with Crippen LogP contribution in [0.3, 0.4) is 0 Å². The SMILES string of the molecule is CCC(Oc1ccc(Cl)cc1N)S(=O)(=O)O. The number of hydrogen-bond acceptors (Lipinski definition) is 4. The molecule has 16 heavy (non-hydrogen) atoms. The zero-order valence-electron chi connectivity index (χ0n) is 8.55. The molecular formula is C9H12ClNO4S. The number of nitrogen functional groups attached to an aromatic ring is 1. The Morgan fingerprint density at radius 1 is 1.56 bits per heavy atom. The molecule has 0 radical (unpaired) electrons. The van der Waals surface area contributed by atoms with Crippen LogP contribution in [0, 0.1) is 0 Å². The lowest BCUT2D eigenvalue weighted by Crippen LogP contribution is -2.26. The molecule has 0 heterocycles. The molecule has 1 unspecified atom stereocenters. The number of ether oxygens (including phenoxy) is 1. The lowest BCUT2D eigenvalue weighted by Gasteiger charge is -2.15. The number of nitrogens with two attached hydrogens (primary N) is 1. The lowest BCUT2D eigenvalue weighted by molar-refractivity contribution is 0.254. The minimum atomic E-state index is -4.25. The Labute approximate surface area is 98.9 Å². The molecule has 0 saturated heterocycles. The van der Waals surface area contributed by atoms with Crippen LogP contribution in [0.15, 0.2) is 18.2 Å². The molecule has 90 valence electrons. The fourth-order valence-electron chi connectivity index (χ4n) is 1.12. The average molecular weight is 266 g/mol. The van der Waals surface area contributed by atoms with Crippen LogP contribution in [0.5, 0.6) is 5.75 Å². The summed E-state index contributed by atoms with van der Waals surface area (Å²) < 4.78 is 35.8. The molecule has 0 fully saturated rings. The summed E-state index contributed by atoms with van der Waals surface area (Å²) in [5.41, 5.74) is 4.48. The first-order valence-corrected chi connectivity index (χ1v) is 6.40. The second-order valence-corrected chi connectivity index (χ2v) is 5.14. The van der Waals surface area contributed by atoms with Gasteiger partial charge in [0.2, 0.25) is 5.44 Å². The maximum Gasteiger partial charge on any atom is 0.303 e. The largest absolute Gasteiger partial charge is 0.470 e. The molecule has 0 bridgehead atoms. The van der Waals surface area contributed by atoms with Gasteiger partial charge in [0.1, 0.15) is 5.75 Å². The predicted molar refractivity (Wildman–Crippen MR) is 62.1 cm³/mol. The summed E-state index contributed by atoms with van der Waals surface area (Å²) in [6.45, 7) is 1.57. The minimum Gasteiger partial charge on any atom is -0.470 e. The van der Waals surface area contributed by atoms with Crippen LogP contribution >= 0.6 is 11.6 Å². The summed E-state index contributed by atoms with van der Waals surface area (Å²) in [6.07, 6.45) is 0.112. The highest BCUT2D eigenvalue weighted by molar-refractivity contribution is 7.86. The average Bonchev–Trinajstić information content (AvgIpc) is 2.14. The van der Waals surface area contributed by atoms with Crippen molar-refractivity contribution in [1.29, 1.82) is 0 Å². The van der Waals surface area contributed by atoms with Crippen molar-refractivity contribution in [1.82, 2.24) is 0 Å². The van der Waals surface area contributed by atoms with Gasteiger partial charge in [-0.05, 0) is 24.6 Å². The molecular weight excluding hydrogens is 254 g/mol. The van der Waals surface area contributed by atoms with Crippen LogP contribution in [0.4, 0.5) is 5.69 Å². The van der Waals surface area contributed by atoms with E-state index in [-0.39, 0.29) is 17.9 Å². The van der Waals surface area contributed by atoms with E-state index in [0.717, 1.165) is 0 Å². The summed E-state index contributed by atoms with van der Waals surface area (Å²) in [4.78, 5) is 0. The molecule has 1 aromatic rings. The van der Waals surface area contributed by atoms with Gasteiger partial charge in [-0.2, -0.15) is 8.42 Å². The zero-order valence-corrected chi connectivity index (χ0v) is 10.1. The predicted octanol–water partition coefficient (Wildman–Crippen LogP) is 1.92. The second kappa shape index (κ2) is 4.90. The molecule has 1 atom stereocenters. The van der Waals surface area contributed by atoms with E-state index >= 15 is 0 Å². The van der Waals surface area contributed by atoms with Crippen molar-refractivity contribution in [2.75, 3.05) is 5.73 Å². The Balaban J connectivity index is 2.95. The van der Waals surface area contributed by atoms with Gasteiger partial charge in [0, 0.05) is 5.02 Å². The van der Waals surface area contributed by atoms with Crippen LogP contribution in [0.25, 0.3) is 0 Å². The van der Waals surface area contributed by atoms with Gasteiger partial charge in [-0.25, -0.2) is 0 Å². The van der Waals surface area contributed by atoms with Crippen molar-refractivity contribution in [2.45, 2.75) is 18.8 Å². The number of rotatable bonds is 4. The van der Waals surface area contributed by atoms with E-state index < -0.39 is 15.6 Å². The van der Waals surface area contributed by atoms with E-state index in [4.69, 9.17) is 26.6 Å². The van der Waals surface area contributed by atoms with Gasteiger partial charge in [0.15, 0.2) is 0 Å². The van der Waals surface area contributed by atoms with Crippen molar-refractivity contribution in [3.05, 3.63) is 23.2 Å². The number of hydrogen-bond donors (Lipinski definition) is 2. The zero-order chi connectivity index (χ0) is 12.3. The summed E-state index contributed by atoms with van der Waals surface area (Å²) in [5.74, 6) is 0.175. The molecule has 0 aromatic heterocycles. The van der Waals surface area contributed by atoms with Gasteiger partial charge in [0.05, 0.1) is 5.69 Å². The molecule has 0 aliphatic carbocycles. The summed E-state index contributed by atoms with van der Waals surface area (Å²) in [7, 11) is -4.25. The van der Waals surface area contributed by atoms with Crippen LogP contribution in [0.1, 0.15) is 13.3 Å². The summed E-state index contributed by atoms with van der Waals surface area (Å²) >= 11 is 5.67. The van der Waals surface area contributed by atoms with E-state index in [2.05, 4.69) is 0 Å². The van der Waals surface area contributed by atoms with Crippen LogP contribution in [-0.2, 0) is 10.1 Å². The first-order valence-electron chi connectivity index (χ1n) is 4.52. The van der Waals surface area contributed by atoms with Crippen molar-refractivity contribution >= 4 is 27.4 Å².